The summed E-state index contributed by atoms with van der Waals surface area (Å²) in [6.07, 6.45) is 0.221. The van der Waals surface area contributed by atoms with Gasteiger partial charge < -0.3 is 9.26 Å². The Kier molecular flexibility index (Phi) is 4.66. The van der Waals surface area contributed by atoms with E-state index < -0.39 is 21.9 Å². The average Bonchev–Trinajstić information content (AvgIpc) is 3.16. The van der Waals surface area contributed by atoms with Crippen molar-refractivity contribution in [2.75, 3.05) is 13.2 Å². The smallest absolute Gasteiger partial charge is 0.256 e. The van der Waals surface area contributed by atoms with Gasteiger partial charge in [0, 0.05) is 24.6 Å². The van der Waals surface area contributed by atoms with Gasteiger partial charge in [0.25, 0.3) is 5.89 Å². The van der Waals surface area contributed by atoms with E-state index in [9.17, 15) is 12.8 Å². The second-order valence-electron chi connectivity index (χ2n) is 5.73. The van der Waals surface area contributed by atoms with Gasteiger partial charge in [0.15, 0.2) is 5.82 Å². The third-order valence-corrected chi connectivity index (χ3v) is 5.61. The lowest BCUT2D eigenvalue weighted by Crippen LogP contribution is -2.31. The molecule has 0 amide bonds. The predicted molar refractivity (Wildman–Crippen MR) is 82.2 cm³/mol. The maximum Gasteiger partial charge on any atom is 0.256 e. The molecule has 24 heavy (non-hydrogen) atoms. The number of hydrogen-bond acceptors (Lipinski definition) is 6. The van der Waals surface area contributed by atoms with E-state index in [0.717, 1.165) is 0 Å². The van der Waals surface area contributed by atoms with Gasteiger partial charge in [0.05, 0.1) is 4.90 Å². The van der Waals surface area contributed by atoms with Crippen LogP contribution in [-0.2, 0) is 14.8 Å². The van der Waals surface area contributed by atoms with E-state index >= 15 is 0 Å². The molecule has 0 radical (unpaired) electrons. The van der Waals surface area contributed by atoms with Crippen LogP contribution in [0.25, 0.3) is 0 Å². The first-order valence-corrected chi connectivity index (χ1v) is 9.03. The molecule has 1 aromatic heterocycles. The largest absolute Gasteiger partial charge is 0.368 e. The van der Waals surface area contributed by atoms with Crippen molar-refractivity contribution in [1.29, 1.82) is 0 Å². The van der Waals surface area contributed by atoms with Crippen LogP contribution in [-0.4, -0.2) is 31.7 Å². The lowest BCUT2D eigenvalue weighted by molar-refractivity contribution is 0.0635. The molecule has 0 spiro atoms. The SMILES string of the molecule is Cc1noc([C@H]2OCC[C@H]2CNS(=O)(=O)c2cccc(F)c2C)n1. The van der Waals surface area contributed by atoms with Crippen LogP contribution in [0.15, 0.2) is 27.6 Å². The van der Waals surface area contributed by atoms with Crippen LogP contribution in [0.4, 0.5) is 4.39 Å². The number of halogens is 1. The van der Waals surface area contributed by atoms with E-state index in [1.807, 2.05) is 0 Å². The molecule has 0 unspecified atom stereocenters. The predicted octanol–water partition coefficient (Wildman–Crippen LogP) is 1.88. The van der Waals surface area contributed by atoms with Gasteiger partial charge in [-0.05, 0) is 32.4 Å². The Labute approximate surface area is 139 Å². The molecule has 9 heteroatoms. The van der Waals surface area contributed by atoms with Crippen molar-refractivity contribution in [1.82, 2.24) is 14.9 Å². The molecule has 0 aliphatic carbocycles. The van der Waals surface area contributed by atoms with Crippen LogP contribution in [0.2, 0.25) is 0 Å². The number of hydrogen-bond donors (Lipinski definition) is 1. The molecular weight excluding hydrogens is 337 g/mol. The van der Waals surface area contributed by atoms with Gasteiger partial charge in [-0.15, -0.1) is 0 Å². The molecule has 130 valence electrons. The lowest BCUT2D eigenvalue weighted by atomic mass is 10.0. The van der Waals surface area contributed by atoms with E-state index in [1.54, 1.807) is 6.92 Å². The van der Waals surface area contributed by atoms with Gasteiger partial charge >= 0.3 is 0 Å². The molecular formula is C15H18FN3O4S. The van der Waals surface area contributed by atoms with Crippen LogP contribution >= 0.6 is 0 Å². The second kappa shape index (κ2) is 6.58. The van der Waals surface area contributed by atoms with Crippen molar-refractivity contribution in [3.8, 4) is 0 Å². The molecule has 2 aromatic rings. The van der Waals surface area contributed by atoms with Crippen molar-refractivity contribution in [2.45, 2.75) is 31.3 Å². The quantitative estimate of drug-likeness (QED) is 0.880. The lowest BCUT2D eigenvalue weighted by Gasteiger charge is -2.16. The molecule has 1 saturated heterocycles. The van der Waals surface area contributed by atoms with Crippen molar-refractivity contribution in [2.24, 2.45) is 5.92 Å². The first-order valence-electron chi connectivity index (χ1n) is 7.55. The number of aryl methyl sites for hydroxylation is 1. The molecule has 3 rings (SSSR count). The van der Waals surface area contributed by atoms with E-state index in [2.05, 4.69) is 14.9 Å². The zero-order valence-corrected chi connectivity index (χ0v) is 14.1. The summed E-state index contributed by atoms with van der Waals surface area (Å²) in [6.45, 7) is 3.76. The molecule has 1 fully saturated rings. The van der Waals surface area contributed by atoms with E-state index in [1.165, 1.54) is 25.1 Å². The van der Waals surface area contributed by atoms with Crippen LogP contribution in [0.5, 0.6) is 0 Å². The Balaban J connectivity index is 1.73. The van der Waals surface area contributed by atoms with Crippen molar-refractivity contribution in [3.05, 3.63) is 41.3 Å². The Bertz CT molecular complexity index is 837. The van der Waals surface area contributed by atoms with Crippen LogP contribution in [0, 0.1) is 25.6 Å². The normalized spacial score (nSPS) is 21.3. The summed E-state index contributed by atoms with van der Waals surface area (Å²) in [6, 6.07) is 3.98. The minimum absolute atomic E-state index is 0.0633. The number of rotatable bonds is 5. The first-order chi connectivity index (χ1) is 11.4. The van der Waals surface area contributed by atoms with E-state index in [0.29, 0.717) is 24.7 Å². The van der Waals surface area contributed by atoms with Gasteiger partial charge in [-0.25, -0.2) is 17.5 Å². The highest BCUT2D eigenvalue weighted by Gasteiger charge is 2.35. The fraction of sp³-hybridized carbons (Fsp3) is 0.467. The number of benzene rings is 1. The first kappa shape index (κ1) is 17.0. The van der Waals surface area contributed by atoms with Crippen LogP contribution < -0.4 is 4.72 Å². The number of ether oxygens (including phenoxy) is 1. The summed E-state index contributed by atoms with van der Waals surface area (Å²) in [5.74, 6) is 0.154. The van der Waals surface area contributed by atoms with Crippen LogP contribution in [0.1, 0.15) is 29.8 Å². The molecule has 1 aliphatic heterocycles. The molecule has 2 heterocycles. The molecule has 0 bridgehead atoms. The number of sulfonamides is 1. The van der Waals surface area contributed by atoms with Gasteiger partial charge in [0.2, 0.25) is 10.0 Å². The Hall–Kier alpha value is -1.84. The number of nitrogens with one attached hydrogen (secondary N) is 1. The van der Waals surface area contributed by atoms with Gasteiger partial charge in [-0.1, -0.05) is 11.2 Å². The number of nitrogens with zero attached hydrogens (tertiary/aromatic N) is 2. The third kappa shape index (κ3) is 3.33. The average molecular weight is 355 g/mol. The van der Waals surface area contributed by atoms with Gasteiger partial charge in [0.1, 0.15) is 11.9 Å². The fourth-order valence-corrected chi connectivity index (χ4v) is 4.07. The molecule has 1 aliphatic rings. The Morgan fingerprint density at radius 3 is 2.88 bits per heavy atom. The fourth-order valence-electron chi connectivity index (χ4n) is 2.72. The van der Waals surface area contributed by atoms with Crippen molar-refractivity contribution >= 4 is 10.0 Å². The summed E-state index contributed by atoms with van der Waals surface area (Å²) < 4.78 is 51.7. The number of aromatic nitrogens is 2. The summed E-state index contributed by atoms with van der Waals surface area (Å²) in [4.78, 5) is 4.08. The summed E-state index contributed by atoms with van der Waals surface area (Å²) in [5, 5.41) is 3.73. The van der Waals surface area contributed by atoms with Crippen LogP contribution in [0.3, 0.4) is 0 Å². The topological polar surface area (TPSA) is 94.3 Å². The zero-order valence-electron chi connectivity index (χ0n) is 13.3. The molecule has 0 saturated carbocycles. The molecule has 1 N–H and O–H groups in total. The van der Waals surface area contributed by atoms with Gasteiger partial charge in [-0.2, -0.15) is 4.98 Å². The van der Waals surface area contributed by atoms with E-state index in [4.69, 9.17) is 9.26 Å². The molecule has 7 nitrogen and oxygen atoms in total. The highest BCUT2D eigenvalue weighted by atomic mass is 32.2. The Morgan fingerprint density at radius 1 is 1.38 bits per heavy atom. The minimum Gasteiger partial charge on any atom is -0.368 e. The summed E-state index contributed by atoms with van der Waals surface area (Å²) >= 11 is 0. The van der Waals surface area contributed by atoms with E-state index in [-0.39, 0.29) is 22.9 Å². The summed E-state index contributed by atoms with van der Waals surface area (Å²) in [7, 11) is -3.81. The highest BCUT2D eigenvalue weighted by molar-refractivity contribution is 7.89. The maximum absolute atomic E-state index is 13.6. The highest BCUT2D eigenvalue weighted by Crippen LogP contribution is 2.33. The Morgan fingerprint density at radius 2 is 2.17 bits per heavy atom. The maximum atomic E-state index is 13.6. The standard InChI is InChI=1S/C15H18FN3O4S/c1-9-12(16)4-3-5-13(9)24(20,21)17-8-11-6-7-22-14(11)15-18-10(2)19-23-15/h3-5,11,14,17H,6-8H2,1-2H3/t11-,14-/m0/s1. The third-order valence-electron chi connectivity index (χ3n) is 4.04. The van der Waals surface area contributed by atoms with Crippen molar-refractivity contribution < 1.29 is 22.1 Å². The second-order valence-corrected chi connectivity index (χ2v) is 7.47. The minimum atomic E-state index is -3.81. The van der Waals surface area contributed by atoms with Crippen molar-refractivity contribution in [3.63, 3.8) is 0 Å². The zero-order chi connectivity index (χ0) is 17.3. The molecule has 1 aromatic carbocycles. The summed E-state index contributed by atoms with van der Waals surface area (Å²) in [5.41, 5.74) is 0.0942. The monoisotopic (exact) mass is 355 g/mol. The molecule has 2 atom stereocenters. The van der Waals surface area contributed by atoms with Gasteiger partial charge in [-0.3, -0.25) is 0 Å².